The topological polar surface area (TPSA) is 92.9 Å². The Kier molecular flexibility index (Phi) is 4.87. The average Bonchev–Trinajstić information content (AvgIpc) is 3.36. The number of ketones is 1. The highest BCUT2D eigenvalue weighted by molar-refractivity contribution is 6.46. The molecule has 1 fully saturated rings. The summed E-state index contributed by atoms with van der Waals surface area (Å²) in [5.74, 6) is -0.556. The lowest BCUT2D eigenvalue weighted by Crippen LogP contribution is -2.29. The molecule has 3 heterocycles. The van der Waals surface area contributed by atoms with Gasteiger partial charge in [0, 0.05) is 18.0 Å². The van der Waals surface area contributed by atoms with Gasteiger partial charge in [0.2, 0.25) is 0 Å². The number of pyridine rings is 1. The van der Waals surface area contributed by atoms with Crippen LogP contribution in [0.4, 0.5) is 0 Å². The van der Waals surface area contributed by atoms with Crippen molar-refractivity contribution in [3.8, 4) is 5.75 Å². The first-order valence-corrected chi connectivity index (χ1v) is 8.95. The van der Waals surface area contributed by atoms with Gasteiger partial charge in [-0.15, -0.1) is 0 Å². The molecule has 1 atom stereocenters. The van der Waals surface area contributed by atoms with E-state index >= 15 is 0 Å². The van der Waals surface area contributed by atoms with Crippen molar-refractivity contribution in [2.75, 3.05) is 7.11 Å². The fourth-order valence-electron chi connectivity index (χ4n) is 3.40. The van der Waals surface area contributed by atoms with Crippen LogP contribution in [0.25, 0.3) is 5.76 Å². The third-order valence-electron chi connectivity index (χ3n) is 4.81. The van der Waals surface area contributed by atoms with E-state index in [1.54, 1.807) is 60.9 Å². The molecule has 0 unspecified atom stereocenters. The summed E-state index contributed by atoms with van der Waals surface area (Å²) in [6.45, 7) is 0.0938. The van der Waals surface area contributed by atoms with E-state index in [-0.39, 0.29) is 17.9 Å². The van der Waals surface area contributed by atoms with Gasteiger partial charge in [-0.3, -0.25) is 14.6 Å². The van der Waals surface area contributed by atoms with Gasteiger partial charge in [-0.2, -0.15) is 0 Å². The largest absolute Gasteiger partial charge is 0.507 e. The van der Waals surface area contributed by atoms with Gasteiger partial charge in [-0.05, 0) is 48.0 Å². The number of benzene rings is 1. The molecule has 0 radical (unpaired) electrons. The van der Waals surface area contributed by atoms with Crippen LogP contribution in [0, 0.1) is 0 Å². The number of hydrogen-bond donors (Lipinski definition) is 1. The smallest absolute Gasteiger partial charge is 0.296 e. The van der Waals surface area contributed by atoms with Crippen molar-refractivity contribution in [1.29, 1.82) is 0 Å². The van der Waals surface area contributed by atoms with Crippen molar-refractivity contribution >= 4 is 17.4 Å². The van der Waals surface area contributed by atoms with Crippen LogP contribution in [-0.4, -0.2) is 33.8 Å². The lowest BCUT2D eigenvalue weighted by molar-refractivity contribution is -0.140. The minimum absolute atomic E-state index is 0.0136. The predicted molar refractivity (Wildman–Crippen MR) is 104 cm³/mol. The van der Waals surface area contributed by atoms with Gasteiger partial charge >= 0.3 is 0 Å². The molecule has 1 N–H and O–H groups in total. The first-order chi connectivity index (χ1) is 14.1. The number of likely N-dealkylation sites (tertiary alicyclic amines) is 1. The highest BCUT2D eigenvalue weighted by Gasteiger charge is 2.46. The number of aliphatic hydroxyl groups is 1. The molecule has 0 aliphatic carbocycles. The summed E-state index contributed by atoms with van der Waals surface area (Å²) >= 11 is 0. The monoisotopic (exact) mass is 390 g/mol. The van der Waals surface area contributed by atoms with Gasteiger partial charge in [0.1, 0.15) is 17.3 Å². The van der Waals surface area contributed by atoms with Crippen LogP contribution in [0.3, 0.4) is 0 Å². The number of methoxy groups -OCH3 is 1. The predicted octanol–water partition coefficient (Wildman–Crippen LogP) is 3.31. The van der Waals surface area contributed by atoms with Gasteiger partial charge in [0.25, 0.3) is 11.7 Å². The SMILES string of the molecule is COc1ccc(C(O)=C2C(=O)C(=O)N(Cc3ccco3)[C@@H]2c2cccnc2)cc1. The van der Waals surface area contributed by atoms with E-state index in [1.165, 1.54) is 18.3 Å². The molecule has 1 aromatic carbocycles. The second kappa shape index (κ2) is 7.63. The molecular weight excluding hydrogens is 372 g/mol. The highest BCUT2D eigenvalue weighted by atomic mass is 16.5. The molecule has 146 valence electrons. The van der Waals surface area contributed by atoms with Gasteiger partial charge in [0.15, 0.2) is 0 Å². The number of Topliss-reactive ketones (excluding diaryl/α,β-unsaturated/α-hetero) is 1. The zero-order chi connectivity index (χ0) is 20.4. The van der Waals surface area contributed by atoms with Gasteiger partial charge in [0.05, 0.1) is 31.5 Å². The number of nitrogens with zero attached hydrogens (tertiary/aromatic N) is 2. The number of ether oxygens (including phenoxy) is 1. The maximum atomic E-state index is 12.9. The lowest BCUT2D eigenvalue weighted by atomic mass is 9.96. The normalized spacial score (nSPS) is 18.2. The Morgan fingerprint density at radius 1 is 1.17 bits per heavy atom. The van der Waals surface area contributed by atoms with Crippen LogP contribution in [0.2, 0.25) is 0 Å². The van der Waals surface area contributed by atoms with Crippen molar-refractivity contribution in [2.24, 2.45) is 0 Å². The van der Waals surface area contributed by atoms with E-state index in [0.29, 0.717) is 22.6 Å². The molecule has 1 aliphatic rings. The van der Waals surface area contributed by atoms with Crippen molar-refractivity contribution in [1.82, 2.24) is 9.88 Å². The van der Waals surface area contributed by atoms with Gasteiger partial charge < -0.3 is 19.2 Å². The first kappa shape index (κ1) is 18.5. The second-order valence-corrected chi connectivity index (χ2v) is 6.52. The Hall–Kier alpha value is -3.87. The van der Waals surface area contributed by atoms with E-state index < -0.39 is 17.7 Å². The molecule has 0 bridgehead atoms. The molecular formula is C22H18N2O5. The van der Waals surface area contributed by atoms with Crippen LogP contribution < -0.4 is 4.74 Å². The number of carbonyl (C=O) groups is 2. The van der Waals surface area contributed by atoms with Crippen LogP contribution in [0.15, 0.2) is 77.2 Å². The number of carbonyl (C=O) groups excluding carboxylic acids is 2. The molecule has 1 amide bonds. The molecule has 1 aliphatic heterocycles. The molecule has 7 heteroatoms. The number of hydrogen-bond acceptors (Lipinski definition) is 6. The fraction of sp³-hybridized carbons (Fsp3) is 0.136. The zero-order valence-corrected chi connectivity index (χ0v) is 15.6. The molecule has 3 aromatic rings. The van der Waals surface area contributed by atoms with E-state index in [4.69, 9.17) is 9.15 Å². The Labute approximate surface area is 166 Å². The fourth-order valence-corrected chi connectivity index (χ4v) is 3.40. The average molecular weight is 390 g/mol. The van der Waals surface area contributed by atoms with Crippen molar-refractivity contribution in [2.45, 2.75) is 12.6 Å². The quantitative estimate of drug-likeness (QED) is 0.408. The Bertz CT molecular complexity index is 1060. The Morgan fingerprint density at radius 3 is 2.59 bits per heavy atom. The van der Waals surface area contributed by atoms with Crippen molar-refractivity contribution < 1.29 is 23.8 Å². The number of furan rings is 1. The summed E-state index contributed by atoms with van der Waals surface area (Å²) in [6, 6.07) is 12.8. The van der Waals surface area contributed by atoms with Crippen molar-refractivity contribution in [3.05, 3.63) is 89.6 Å². The van der Waals surface area contributed by atoms with Crippen LogP contribution in [0.5, 0.6) is 5.75 Å². The van der Waals surface area contributed by atoms with Gasteiger partial charge in [-0.25, -0.2) is 0 Å². The summed E-state index contributed by atoms with van der Waals surface area (Å²) in [5.41, 5.74) is 1.05. The van der Waals surface area contributed by atoms with Crippen molar-refractivity contribution in [3.63, 3.8) is 0 Å². The second-order valence-electron chi connectivity index (χ2n) is 6.52. The minimum Gasteiger partial charge on any atom is -0.507 e. The molecule has 4 rings (SSSR count). The molecule has 0 spiro atoms. The van der Waals surface area contributed by atoms with Crippen LogP contribution in [-0.2, 0) is 16.1 Å². The zero-order valence-electron chi connectivity index (χ0n) is 15.6. The molecule has 7 nitrogen and oxygen atoms in total. The lowest BCUT2D eigenvalue weighted by Gasteiger charge is -2.24. The number of rotatable bonds is 5. The Morgan fingerprint density at radius 2 is 1.97 bits per heavy atom. The van der Waals surface area contributed by atoms with E-state index in [1.807, 2.05) is 0 Å². The van der Waals surface area contributed by atoms with Gasteiger partial charge in [-0.1, -0.05) is 6.07 Å². The molecule has 0 saturated carbocycles. The molecule has 1 saturated heterocycles. The minimum atomic E-state index is -0.782. The summed E-state index contributed by atoms with van der Waals surface area (Å²) in [5, 5.41) is 10.9. The summed E-state index contributed by atoms with van der Waals surface area (Å²) in [4.78, 5) is 31.2. The first-order valence-electron chi connectivity index (χ1n) is 8.95. The number of amides is 1. The summed E-state index contributed by atoms with van der Waals surface area (Å²) < 4.78 is 10.5. The van der Waals surface area contributed by atoms with E-state index in [2.05, 4.69) is 4.98 Å². The maximum absolute atomic E-state index is 12.9. The maximum Gasteiger partial charge on any atom is 0.296 e. The van der Waals surface area contributed by atoms with E-state index in [0.717, 1.165) is 0 Å². The highest BCUT2D eigenvalue weighted by Crippen LogP contribution is 2.40. The van der Waals surface area contributed by atoms with E-state index in [9.17, 15) is 14.7 Å². The number of aliphatic hydroxyl groups excluding tert-OH is 1. The van der Waals surface area contributed by atoms with Crippen LogP contribution >= 0.6 is 0 Å². The standard InChI is InChI=1S/C22H18N2O5/c1-28-16-8-6-14(7-9-16)20(25)18-19(15-4-2-10-23-12-15)24(22(27)21(18)26)13-17-5-3-11-29-17/h2-12,19,25H,13H2,1H3/t19-/m1/s1. The van der Waals surface area contributed by atoms with Crippen LogP contribution in [0.1, 0.15) is 22.9 Å². The summed E-state index contributed by atoms with van der Waals surface area (Å²) in [6.07, 6.45) is 4.68. The third kappa shape index (κ3) is 3.38. The number of aromatic nitrogens is 1. The molecule has 2 aromatic heterocycles. The third-order valence-corrected chi connectivity index (χ3v) is 4.81. The molecule has 29 heavy (non-hydrogen) atoms. The Balaban J connectivity index is 1.83. The summed E-state index contributed by atoms with van der Waals surface area (Å²) in [7, 11) is 1.54.